The number of nitrogens with zero attached hydrogens (tertiary/aromatic N) is 2. The maximum absolute atomic E-state index is 9.70. The van der Waals surface area contributed by atoms with E-state index in [0.29, 0.717) is 0 Å². The zero-order chi connectivity index (χ0) is 13.7. The quantitative estimate of drug-likeness (QED) is 0.752. The predicted molar refractivity (Wildman–Crippen MR) is 79.4 cm³/mol. The molecular formula is C15H31N3O. The lowest BCUT2D eigenvalue weighted by atomic mass is 10.0. The van der Waals surface area contributed by atoms with Gasteiger partial charge in [-0.2, -0.15) is 0 Å². The highest BCUT2D eigenvalue weighted by Gasteiger charge is 2.32. The summed E-state index contributed by atoms with van der Waals surface area (Å²) in [5.41, 5.74) is -0.149. The lowest BCUT2D eigenvalue weighted by Gasteiger charge is -2.35. The van der Waals surface area contributed by atoms with E-state index in [1.165, 1.54) is 45.4 Å². The van der Waals surface area contributed by atoms with Crippen molar-refractivity contribution in [2.24, 2.45) is 0 Å². The van der Waals surface area contributed by atoms with Gasteiger partial charge in [-0.05, 0) is 58.8 Å². The Kier molecular flexibility index (Phi) is 5.63. The molecule has 2 saturated heterocycles. The van der Waals surface area contributed by atoms with Crippen LogP contribution in [0.15, 0.2) is 0 Å². The molecule has 2 aliphatic heterocycles. The second-order valence-corrected chi connectivity index (χ2v) is 6.57. The minimum Gasteiger partial charge on any atom is -0.394 e. The standard InChI is InChI=1S/C15H31N3O/c1-3-7-16-15(2,13-19)12-17-8-5-10-18-9-4-6-14(18)11-17/h14,16,19H,3-13H2,1-2H3. The van der Waals surface area contributed by atoms with Crippen LogP contribution in [0.5, 0.6) is 0 Å². The molecule has 2 heterocycles. The normalized spacial score (nSPS) is 28.9. The fourth-order valence-corrected chi connectivity index (χ4v) is 3.51. The number of nitrogens with one attached hydrogen (secondary N) is 1. The molecule has 112 valence electrons. The van der Waals surface area contributed by atoms with E-state index >= 15 is 0 Å². The molecule has 2 aliphatic rings. The van der Waals surface area contributed by atoms with E-state index in [1.54, 1.807) is 0 Å². The molecule has 2 fully saturated rings. The van der Waals surface area contributed by atoms with Crippen LogP contribution in [-0.2, 0) is 0 Å². The highest BCUT2D eigenvalue weighted by molar-refractivity contribution is 4.90. The van der Waals surface area contributed by atoms with Gasteiger partial charge in [0.2, 0.25) is 0 Å². The Labute approximate surface area is 118 Å². The van der Waals surface area contributed by atoms with Crippen molar-refractivity contribution in [3.8, 4) is 0 Å². The van der Waals surface area contributed by atoms with Crippen LogP contribution in [0.3, 0.4) is 0 Å². The van der Waals surface area contributed by atoms with E-state index in [1.807, 2.05) is 0 Å². The molecule has 2 N–H and O–H groups in total. The van der Waals surface area contributed by atoms with E-state index in [-0.39, 0.29) is 12.1 Å². The minimum absolute atomic E-state index is 0.149. The average molecular weight is 269 g/mol. The summed E-state index contributed by atoms with van der Waals surface area (Å²) in [6, 6.07) is 0.761. The van der Waals surface area contributed by atoms with Crippen LogP contribution < -0.4 is 5.32 Å². The van der Waals surface area contributed by atoms with E-state index in [0.717, 1.165) is 25.6 Å². The zero-order valence-corrected chi connectivity index (χ0v) is 12.7. The van der Waals surface area contributed by atoms with Gasteiger partial charge in [-0.3, -0.25) is 9.80 Å². The van der Waals surface area contributed by atoms with Crippen LogP contribution in [0.25, 0.3) is 0 Å². The van der Waals surface area contributed by atoms with Crippen molar-refractivity contribution in [2.75, 3.05) is 45.9 Å². The van der Waals surface area contributed by atoms with Gasteiger partial charge < -0.3 is 10.4 Å². The summed E-state index contributed by atoms with van der Waals surface area (Å²) in [7, 11) is 0. The van der Waals surface area contributed by atoms with Gasteiger partial charge in [0.15, 0.2) is 0 Å². The molecule has 0 aliphatic carbocycles. The molecule has 2 atom stereocenters. The van der Waals surface area contributed by atoms with Gasteiger partial charge in [0, 0.05) is 19.1 Å². The summed E-state index contributed by atoms with van der Waals surface area (Å²) < 4.78 is 0. The minimum atomic E-state index is -0.149. The Balaban J connectivity index is 1.89. The van der Waals surface area contributed by atoms with Crippen molar-refractivity contribution < 1.29 is 5.11 Å². The Morgan fingerprint density at radius 3 is 2.79 bits per heavy atom. The van der Waals surface area contributed by atoms with Crippen LogP contribution in [0.2, 0.25) is 0 Å². The molecule has 4 nitrogen and oxygen atoms in total. The fraction of sp³-hybridized carbons (Fsp3) is 1.00. The summed E-state index contributed by atoms with van der Waals surface area (Å²) in [5, 5.41) is 13.2. The molecule has 4 heteroatoms. The van der Waals surface area contributed by atoms with Gasteiger partial charge in [0.25, 0.3) is 0 Å². The van der Waals surface area contributed by atoms with Gasteiger partial charge in [0.1, 0.15) is 0 Å². The Hall–Kier alpha value is -0.160. The molecule has 0 aromatic heterocycles. The van der Waals surface area contributed by atoms with Crippen molar-refractivity contribution in [3.05, 3.63) is 0 Å². The first-order valence-electron chi connectivity index (χ1n) is 7.99. The SMILES string of the molecule is CCCNC(C)(CO)CN1CCCN2CCCC2C1. The third-order valence-electron chi connectivity index (χ3n) is 4.61. The number of aliphatic hydroxyl groups is 1. The number of hydrogen-bond donors (Lipinski definition) is 2. The maximum Gasteiger partial charge on any atom is 0.0623 e. The third-order valence-corrected chi connectivity index (χ3v) is 4.61. The zero-order valence-electron chi connectivity index (χ0n) is 12.7. The van der Waals surface area contributed by atoms with Crippen molar-refractivity contribution in [2.45, 2.75) is 51.1 Å². The molecule has 0 radical (unpaired) electrons. The van der Waals surface area contributed by atoms with Crippen LogP contribution >= 0.6 is 0 Å². The third kappa shape index (κ3) is 4.15. The topological polar surface area (TPSA) is 38.7 Å². The molecule has 0 spiro atoms. The van der Waals surface area contributed by atoms with Crippen LogP contribution in [0.1, 0.15) is 39.5 Å². The number of fused-ring (bicyclic) bond motifs is 1. The number of rotatable bonds is 6. The molecule has 0 aromatic rings. The first-order chi connectivity index (χ1) is 9.17. The second-order valence-electron chi connectivity index (χ2n) is 6.57. The molecule has 0 bridgehead atoms. The number of aliphatic hydroxyl groups excluding tert-OH is 1. The van der Waals surface area contributed by atoms with E-state index in [4.69, 9.17) is 0 Å². The molecule has 0 aromatic carbocycles. The van der Waals surface area contributed by atoms with E-state index < -0.39 is 0 Å². The Morgan fingerprint density at radius 2 is 2.05 bits per heavy atom. The summed E-state index contributed by atoms with van der Waals surface area (Å²) in [4.78, 5) is 5.23. The maximum atomic E-state index is 9.70. The van der Waals surface area contributed by atoms with Gasteiger partial charge in [-0.25, -0.2) is 0 Å². The lowest BCUT2D eigenvalue weighted by Crippen LogP contribution is -2.55. The van der Waals surface area contributed by atoms with Gasteiger partial charge in [-0.15, -0.1) is 0 Å². The fourth-order valence-electron chi connectivity index (χ4n) is 3.51. The van der Waals surface area contributed by atoms with Crippen molar-refractivity contribution in [1.82, 2.24) is 15.1 Å². The van der Waals surface area contributed by atoms with Crippen molar-refractivity contribution in [1.29, 1.82) is 0 Å². The van der Waals surface area contributed by atoms with Crippen LogP contribution in [0, 0.1) is 0 Å². The molecule has 2 rings (SSSR count). The predicted octanol–water partition coefficient (Wildman–Crippen LogP) is 0.907. The largest absolute Gasteiger partial charge is 0.394 e. The average Bonchev–Trinajstić information content (AvgIpc) is 2.76. The molecule has 0 saturated carbocycles. The second kappa shape index (κ2) is 7.02. The van der Waals surface area contributed by atoms with E-state index in [9.17, 15) is 5.11 Å². The lowest BCUT2D eigenvalue weighted by molar-refractivity contribution is 0.114. The van der Waals surface area contributed by atoms with E-state index in [2.05, 4.69) is 29.0 Å². The van der Waals surface area contributed by atoms with Gasteiger partial charge in [-0.1, -0.05) is 6.92 Å². The molecular weight excluding hydrogens is 238 g/mol. The monoisotopic (exact) mass is 269 g/mol. The first-order valence-corrected chi connectivity index (χ1v) is 7.99. The molecule has 2 unspecified atom stereocenters. The van der Waals surface area contributed by atoms with Crippen LogP contribution in [-0.4, -0.2) is 72.4 Å². The number of hydrogen-bond acceptors (Lipinski definition) is 4. The Morgan fingerprint density at radius 1 is 1.26 bits per heavy atom. The molecule has 19 heavy (non-hydrogen) atoms. The summed E-state index contributed by atoms with van der Waals surface area (Å²) in [6.07, 6.45) is 5.11. The molecule has 0 amide bonds. The summed E-state index contributed by atoms with van der Waals surface area (Å²) in [5.74, 6) is 0. The Bertz CT molecular complexity index is 274. The van der Waals surface area contributed by atoms with Crippen molar-refractivity contribution in [3.63, 3.8) is 0 Å². The van der Waals surface area contributed by atoms with Crippen LogP contribution in [0.4, 0.5) is 0 Å². The first kappa shape index (κ1) is 15.2. The van der Waals surface area contributed by atoms with Gasteiger partial charge in [0.05, 0.1) is 12.1 Å². The summed E-state index contributed by atoms with van der Waals surface area (Å²) in [6.45, 7) is 11.4. The smallest absolute Gasteiger partial charge is 0.0623 e. The van der Waals surface area contributed by atoms with Gasteiger partial charge >= 0.3 is 0 Å². The highest BCUT2D eigenvalue weighted by atomic mass is 16.3. The van der Waals surface area contributed by atoms with Crippen molar-refractivity contribution >= 4 is 0 Å². The summed E-state index contributed by atoms with van der Waals surface area (Å²) >= 11 is 0. The highest BCUT2D eigenvalue weighted by Crippen LogP contribution is 2.22.